The molecule has 132 valence electrons. The van der Waals surface area contributed by atoms with Crippen LogP contribution in [0, 0.1) is 5.92 Å². The van der Waals surface area contributed by atoms with Gasteiger partial charge in [-0.3, -0.25) is 0 Å². The van der Waals surface area contributed by atoms with Gasteiger partial charge >= 0.3 is 0 Å². The maximum Gasteiger partial charge on any atom is 0.176 e. The van der Waals surface area contributed by atoms with Crippen LogP contribution in [0.25, 0.3) is 0 Å². The van der Waals surface area contributed by atoms with Crippen LogP contribution in [0.3, 0.4) is 0 Å². The van der Waals surface area contributed by atoms with E-state index < -0.39 is 8.07 Å². The SMILES string of the molecule is CC(C)/C=C(/CCl)[Si](c1ccccc1)(c1ccccc1)c1ccccc1. The van der Waals surface area contributed by atoms with E-state index in [9.17, 15) is 0 Å². The van der Waals surface area contributed by atoms with Crippen LogP contribution in [0.2, 0.25) is 0 Å². The molecule has 0 unspecified atom stereocenters. The lowest BCUT2D eigenvalue weighted by Crippen LogP contribution is -2.69. The van der Waals surface area contributed by atoms with Crippen molar-refractivity contribution in [3.63, 3.8) is 0 Å². The Bertz CT molecular complexity index is 742. The molecule has 0 aromatic heterocycles. The first-order chi connectivity index (χ1) is 12.7. The standard InChI is InChI=1S/C24H25ClSi/c1-20(2)18-24(19-25)26(21-12-6-3-7-13-21,22-14-8-4-9-15-22)23-16-10-5-11-17-23/h3-18,20H,19H2,1-2H3/b24-18-. The van der Waals surface area contributed by atoms with E-state index in [0.29, 0.717) is 11.8 Å². The maximum absolute atomic E-state index is 6.61. The fourth-order valence-corrected chi connectivity index (χ4v) is 9.46. The van der Waals surface area contributed by atoms with Crippen molar-refractivity contribution in [1.29, 1.82) is 0 Å². The fourth-order valence-electron chi connectivity index (χ4n) is 3.79. The second-order valence-corrected chi connectivity index (χ2v) is 11.1. The Kier molecular flexibility index (Phi) is 6.13. The number of hydrogen-bond donors (Lipinski definition) is 0. The number of hydrogen-bond acceptors (Lipinski definition) is 0. The molecule has 26 heavy (non-hydrogen) atoms. The minimum Gasteiger partial charge on any atom is -0.122 e. The van der Waals surface area contributed by atoms with E-state index >= 15 is 0 Å². The average molecular weight is 377 g/mol. The van der Waals surface area contributed by atoms with E-state index in [-0.39, 0.29) is 0 Å². The first kappa shape index (κ1) is 18.7. The average Bonchev–Trinajstić information content (AvgIpc) is 2.70. The fraction of sp³-hybridized carbons (Fsp3) is 0.167. The maximum atomic E-state index is 6.61. The zero-order valence-corrected chi connectivity index (χ0v) is 17.2. The molecule has 0 spiro atoms. The minimum atomic E-state index is -2.39. The summed E-state index contributed by atoms with van der Waals surface area (Å²) in [5.74, 6) is 0.995. The highest BCUT2D eigenvalue weighted by molar-refractivity contribution is 7.16. The summed E-state index contributed by atoms with van der Waals surface area (Å²) in [5, 5.41) is 5.50. The summed E-state index contributed by atoms with van der Waals surface area (Å²) in [5.41, 5.74) is 0. The molecule has 0 fully saturated rings. The summed E-state index contributed by atoms with van der Waals surface area (Å²) in [6.07, 6.45) is 2.38. The van der Waals surface area contributed by atoms with E-state index in [0.717, 1.165) is 0 Å². The molecule has 3 rings (SSSR count). The molecule has 0 aliphatic heterocycles. The normalized spacial score (nSPS) is 12.4. The number of benzene rings is 3. The molecule has 0 N–H and O–H groups in total. The van der Waals surface area contributed by atoms with Crippen LogP contribution in [-0.4, -0.2) is 14.0 Å². The van der Waals surface area contributed by atoms with Gasteiger partial charge in [-0.15, -0.1) is 11.6 Å². The van der Waals surface area contributed by atoms with Gasteiger partial charge in [-0.25, -0.2) is 0 Å². The lowest BCUT2D eigenvalue weighted by atomic mass is 10.2. The monoisotopic (exact) mass is 376 g/mol. The summed E-state index contributed by atoms with van der Waals surface area (Å²) in [6.45, 7) is 4.46. The third-order valence-electron chi connectivity index (χ3n) is 4.78. The third-order valence-corrected chi connectivity index (χ3v) is 10.2. The van der Waals surface area contributed by atoms with Crippen LogP contribution < -0.4 is 15.6 Å². The second kappa shape index (κ2) is 8.53. The first-order valence-electron chi connectivity index (χ1n) is 9.13. The Morgan fingerprint density at radius 3 is 1.35 bits per heavy atom. The van der Waals surface area contributed by atoms with E-state index in [1.807, 2.05) is 0 Å². The van der Waals surface area contributed by atoms with Crippen LogP contribution in [-0.2, 0) is 0 Å². The molecule has 0 aliphatic carbocycles. The van der Waals surface area contributed by atoms with Gasteiger partial charge in [-0.05, 0) is 21.5 Å². The molecular weight excluding hydrogens is 352 g/mol. The Balaban J connectivity index is 2.43. The van der Waals surface area contributed by atoms with Crippen molar-refractivity contribution in [3.8, 4) is 0 Å². The van der Waals surface area contributed by atoms with Gasteiger partial charge in [0.05, 0.1) is 0 Å². The Labute approximate surface area is 163 Å². The third kappa shape index (κ3) is 3.55. The predicted molar refractivity (Wildman–Crippen MR) is 118 cm³/mol. The summed E-state index contributed by atoms with van der Waals surface area (Å²) >= 11 is 6.61. The molecule has 0 bridgehead atoms. The molecule has 0 saturated heterocycles. The van der Waals surface area contributed by atoms with Crippen LogP contribution >= 0.6 is 11.6 Å². The van der Waals surface area contributed by atoms with Crippen LogP contribution in [0.4, 0.5) is 0 Å². The van der Waals surface area contributed by atoms with E-state index in [1.54, 1.807) is 0 Å². The summed E-state index contributed by atoms with van der Waals surface area (Å²) in [7, 11) is -2.39. The van der Waals surface area contributed by atoms with Gasteiger partial charge in [-0.1, -0.05) is 116 Å². The van der Waals surface area contributed by atoms with Crippen molar-refractivity contribution >= 4 is 35.2 Å². The van der Waals surface area contributed by atoms with Gasteiger partial charge in [0.1, 0.15) is 0 Å². The number of alkyl halides is 1. The summed E-state index contributed by atoms with van der Waals surface area (Å²) < 4.78 is 0. The highest BCUT2D eigenvalue weighted by Gasteiger charge is 2.42. The van der Waals surface area contributed by atoms with Crippen molar-refractivity contribution < 1.29 is 0 Å². The Hall–Kier alpha value is -2.09. The largest absolute Gasteiger partial charge is 0.176 e. The summed E-state index contributed by atoms with van der Waals surface area (Å²) in [6, 6.07) is 32.7. The van der Waals surface area contributed by atoms with Gasteiger partial charge in [0, 0.05) is 5.88 Å². The van der Waals surface area contributed by atoms with Gasteiger partial charge in [0.15, 0.2) is 8.07 Å². The molecule has 2 heteroatoms. The number of allylic oxidation sites excluding steroid dienone is 2. The smallest absolute Gasteiger partial charge is 0.122 e. The molecule has 3 aromatic carbocycles. The lowest BCUT2D eigenvalue weighted by Gasteiger charge is -2.36. The highest BCUT2D eigenvalue weighted by atomic mass is 35.5. The van der Waals surface area contributed by atoms with Crippen molar-refractivity contribution in [3.05, 3.63) is 102 Å². The van der Waals surface area contributed by atoms with E-state index in [1.165, 1.54) is 20.8 Å². The minimum absolute atomic E-state index is 0.451. The first-order valence-corrected chi connectivity index (χ1v) is 11.7. The van der Waals surface area contributed by atoms with Crippen LogP contribution in [0.15, 0.2) is 102 Å². The topological polar surface area (TPSA) is 0 Å². The van der Waals surface area contributed by atoms with Crippen molar-refractivity contribution in [2.45, 2.75) is 13.8 Å². The molecule has 0 aliphatic rings. The van der Waals surface area contributed by atoms with Gasteiger partial charge in [0.25, 0.3) is 0 Å². The molecule has 3 aromatic rings. The van der Waals surface area contributed by atoms with Gasteiger partial charge in [-0.2, -0.15) is 0 Å². The Morgan fingerprint density at radius 2 is 1.08 bits per heavy atom. The molecule has 0 atom stereocenters. The van der Waals surface area contributed by atoms with Gasteiger partial charge in [0.2, 0.25) is 0 Å². The molecule has 0 amide bonds. The zero-order valence-electron chi connectivity index (χ0n) is 15.4. The zero-order chi connectivity index (χ0) is 18.4. The molecule has 0 radical (unpaired) electrons. The lowest BCUT2D eigenvalue weighted by molar-refractivity contribution is 0.827. The van der Waals surface area contributed by atoms with Crippen molar-refractivity contribution in [2.24, 2.45) is 5.92 Å². The highest BCUT2D eigenvalue weighted by Crippen LogP contribution is 2.20. The molecular formula is C24H25ClSi. The number of rotatable bonds is 6. The van der Waals surface area contributed by atoms with Crippen molar-refractivity contribution in [2.75, 3.05) is 5.88 Å². The number of halogens is 1. The van der Waals surface area contributed by atoms with E-state index in [2.05, 4.69) is 111 Å². The van der Waals surface area contributed by atoms with Crippen LogP contribution in [0.5, 0.6) is 0 Å². The summed E-state index contributed by atoms with van der Waals surface area (Å²) in [4.78, 5) is 0. The Morgan fingerprint density at radius 1 is 0.731 bits per heavy atom. The quantitative estimate of drug-likeness (QED) is 0.337. The van der Waals surface area contributed by atoms with E-state index in [4.69, 9.17) is 11.6 Å². The molecule has 0 nitrogen and oxygen atoms in total. The molecule has 0 saturated carbocycles. The van der Waals surface area contributed by atoms with Crippen molar-refractivity contribution in [1.82, 2.24) is 0 Å². The van der Waals surface area contributed by atoms with Crippen LogP contribution in [0.1, 0.15) is 13.8 Å². The predicted octanol–water partition coefficient (Wildman–Crippen LogP) is 4.52. The second-order valence-electron chi connectivity index (χ2n) is 6.92. The molecule has 0 heterocycles. The van der Waals surface area contributed by atoms with Gasteiger partial charge < -0.3 is 0 Å².